The summed E-state index contributed by atoms with van der Waals surface area (Å²) in [4.78, 5) is 3.98. The second kappa shape index (κ2) is 3.70. The minimum Gasteiger partial charge on any atom is -0.166 e. The van der Waals surface area contributed by atoms with Gasteiger partial charge in [0.15, 0.2) is 5.69 Å². The predicted octanol–water partition coefficient (Wildman–Crippen LogP) is 3.19. The molecule has 0 bridgehead atoms. The molecule has 0 aromatic heterocycles. The molecule has 1 aromatic carbocycles. The number of azo groups is 2. The Kier molecular flexibility index (Phi) is 2.49. The van der Waals surface area contributed by atoms with Crippen LogP contribution < -0.4 is 0 Å². The van der Waals surface area contributed by atoms with E-state index < -0.39 is 11.7 Å². The van der Waals surface area contributed by atoms with Crippen LogP contribution in [-0.4, -0.2) is 17.2 Å². The predicted molar refractivity (Wildman–Crippen MR) is 51.7 cm³/mol. The quantitative estimate of drug-likeness (QED) is 0.660. The van der Waals surface area contributed by atoms with Crippen molar-refractivity contribution in [3.63, 3.8) is 0 Å². The lowest BCUT2D eigenvalue weighted by atomic mass is 10.2. The standard InChI is InChI=1S/C10H9F3N3/c1-7-14-6-16(15-7)9-4-2-8(3-5-9)10(11,12)13/h2-7H,1H3/q+1. The van der Waals surface area contributed by atoms with Gasteiger partial charge in [-0.3, -0.25) is 0 Å². The number of nitrogens with zero attached hydrogens (tertiary/aromatic N) is 3. The third-order valence-electron chi connectivity index (χ3n) is 2.14. The summed E-state index contributed by atoms with van der Waals surface area (Å²) in [6.45, 7) is 1.79. The highest BCUT2D eigenvalue weighted by molar-refractivity contribution is 5.51. The summed E-state index contributed by atoms with van der Waals surface area (Å²) < 4.78 is 38.3. The van der Waals surface area contributed by atoms with Crippen molar-refractivity contribution in [3.05, 3.63) is 29.8 Å². The fourth-order valence-electron chi connectivity index (χ4n) is 1.34. The van der Waals surface area contributed by atoms with Crippen molar-refractivity contribution in [2.45, 2.75) is 19.3 Å². The smallest absolute Gasteiger partial charge is 0.166 e. The van der Waals surface area contributed by atoms with Gasteiger partial charge in [0.05, 0.1) is 5.56 Å². The van der Waals surface area contributed by atoms with E-state index in [1.165, 1.54) is 23.2 Å². The summed E-state index contributed by atoms with van der Waals surface area (Å²) in [6.07, 6.45) is -2.99. The molecule has 0 fully saturated rings. The van der Waals surface area contributed by atoms with Crippen LogP contribution in [0.2, 0.25) is 0 Å². The van der Waals surface area contributed by atoms with Gasteiger partial charge < -0.3 is 0 Å². The Morgan fingerprint density at radius 3 is 2.25 bits per heavy atom. The molecule has 0 aliphatic carbocycles. The lowest BCUT2D eigenvalue weighted by Gasteiger charge is -2.05. The van der Waals surface area contributed by atoms with Crippen molar-refractivity contribution in [1.82, 2.24) is 0 Å². The SMILES string of the molecule is CC1N=C[N+](c2ccc(C(F)(F)F)cc2)=N1. The zero-order valence-electron chi connectivity index (χ0n) is 8.44. The van der Waals surface area contributed by atoms with Crippen molar-refractivity contribution in [1.29, 1.82) is 0 Å². The Morgan fingerprint density at radius 2 is 1.81 bits per heavy atom. The molecule has 1 heterocycles. The number of aliphatic imine (C=N–C) groups is 1. The molecular weight excluding hydrogens is 219 g/mol. The first kappa shape index (κ1) is 10.8. The van der Waals surface area contributed by atoms with Gasteiger partial charge >= 0.3 is 12.5 Å². The maximum atomic E-state index is 12.3. The van der Waals surface area contributed by atoms with Gasteiger partial charge in [-0.2, -0.15) is 13.2 Å². The third-order valence-corrected chi connectivity index (χ3v) is 2.14. The molecule has 1 aliphatic rings. The fourth-order valence-corrected chi connectivity index (χ4v) is 1.34. The van der Waals surface area contributed by atoms with Crippen molar-refractivity contribution >= 4 is 12.0 Å². The van der Waals surface area contributed by atoms with E-state index in [2.05, 4.69) is 10.1 Å². The summed E-state index contributed by atoms with van der Waals surface area (Å²) in [6, 6.07) is 4.80. The van der Waals surface area contributed by atoms with Gasteiger partial charge in [0.1, 0.15) is 0 Å². The van der Waals surface area contributed by atoms with Gasteiger partial charge in [-0.05, 0) is 24.3 Å². The third kappa shape index (κ3) is 2.10. The van der Waals surface area contributed by atoms with E-state index in [4.69, 9.17) is 0 Å². The highest BCUT2D eigenvalue weighted by atomic mass is 19.4. The molecule has 0 radical (unpaired) electrons. The minimum atomic E-state index is -4.30. The molecule has 1 unspecified atom stereocenters. The van der Waals surface area contributed by atoms with Crippen molar-refractivity contribution in [2.24, 2.45) is 10.1 Å². The van der Waals surface area contributed by atoms with Gasteiger partial charge in [-0.1, -0.05) is 10.1 Å². The van der Waals surface area contributed by atoms with Crippen LogP contribution >= 0.6 is 0 Å². The molecule has 6 heteroatoms. The largest absolute Gasteiger partial charge is 0.416 e. The van der Waals surface area contributed by atoms with Crippen LogP contribution in [0.4, 0.5) is 18.9 Å². The maximum absolute atomic E-state index is 12.3. The zero-order chi connectivity index (χ0) is 11.8. The number of hydrogen-bond donors (Lipinski definition) is 0. The highest BCUT2D eigenvalue weighted by Gasteiger charge is 2.30. The number of rotatable bonds is 1. The number of hydrogen-bond acceptors (Lipinski definition) is 2. The van der Waals surface area contributed by atoms with Crippen molar-refractivity contribution in [3.8, 4) is 0 Å². The molecule has 16 heavy (non-hydrogen) atoms. The number of alkyl halides is 3. The molecule has 1 aromatic rings. The highest BCUT2D eigenvalue weighted by Crippen LogP contribution is 2.30. The first-order valence-electron chi connectivity index (χ1n) is 4.67. The van der Waals surface area contributed by atoms with E-state index in [-0.39, 0.29) is 6.17 Å². The molecule has 0 N–H and O–H groups in total. The Morgan fingerprint density at radius 1 is 1.19 bits per heavy atom. The Hall–Kier alpha value is -1.72. The first-order chi connectivity index (χ1) is 7.47. The van der Waals surface area contributed by atoms with E-state index in [0.717, 1.165) is 12.1 Å². The molecule has 0 saturated carbocycles. The van der Waals surface area contributed by atoms with Crippen LogP contribution in [0.3, 0.4) is 0 Å². The van der Waals surface area contributed by atoms with Crippen LogP contribution in [-0.2, 0) is 6.18 Å². The second-order valence-electron chi connectivity index (χ2n) is 3.40. The molecule has 1 atom stereocenters. The minimum absolute atomic E-state index is 0.178. The van der Waals surface area contributed by atoms with Crippen LogP contribution in [0.1, 0.15) is 12.5 Å². The first-order valence-corrected chi connectivity index (χ1v) is 4.67. The van der Waals surface area contributed by atoms with E-state index in [0.29, 0.717) is 5.69 Å². The fraction of sp³-hybridized carbons (Fsp3) is 0.300. The molecule has 1 aliphatic heterocycles. The average Bonchev–Trinajstić information content (AvgIpc) is 2.64. The summed E-state index contributed by atoms with van der Waals surface area (Å²) in [5.41, 5.74) is -0.0958. The van der Waals surface area contributed by atoms with Crippen LogP contribution in [0.5, 0.6) is 0 Å². The lowest BCUT2D eigenvalue weighted by Crippen LogP contribution is -2.05. The van der Waals surface area contributed by atoms with Crippen LogP contribution in [0.25, 0.3) is 0 Å². The van der Waals surface area contributed by atoms with Gasteiger partial charge in [0.25, 0.3) is 6.17 Å². The van der Waals surface area contributed by atoms with E-state index in [9.17, 15) is 13.2 Å². The number of benzene rings is 1. The average molecular weight is 228 g/mol. The summed E-state index contributed by atoms with van der Waals surface area (Å²) in [5.74, 6) is 0. The van der Waals surface area contributed by atoms with Gasteiger partial charge in [-0.25, -0.2) is 0 Å². The molecule has 0 saturated heterocycles. The molecule has 0 amide bonds. The summed E-state index contributed by atoms with van der Waals surface area (Å²) in [7, 11) is 0. The number of halogens is 3. The Balaban J connectivity index is 2.27. The van der Waals surface area contributed by atoms with Gasteiger partial charge in [0, 0.05) is 6.92 Å². The van der Waals surface area contributed by atoms with Gasteiger partial charge in [0.2, 0.25) is 0 Å². The monoisotopic (exact) mass is 228 g/mol. The molecule has 84 valence electrons. The van der Waals surface area contributed by atoms with Crippen molar-refractivity contribution in [2.75, 3.05) is 0 Å². The second-order valence-corrected chi connectivity index (χ2v) is 3.40. The molecule has 0 spiro atoms. The zero-order valence-corrected chi connectivity index (χ0v) is 8.44. The maximum Gasteiger partial charge on any atom is 0.416 e. The normalized spacial score (nSPS) is 20.0. The molecule has 2 rings (SSSR count). The summed E-state index contributed by atoms with van der Waals surface area (Å²) in [5, 5.41) is 4.08. The molecular formula is C10H9F3N3+. The van der Waals surface area contributed by atoms with E-state index in [1.54, 1.807) is 6.92 Å². The molecule has 3 nitrogen and oxygen atoms in total. The van der Waals surface area contributed by atoms with Crippen LogP contribution in [0.15, 0.2) is 34.4 Å². The lowest BCUT2D eigenvalue weighted by molar-refractivity contribution is -0.376. The summed E-state index contributed by atoms with van der Waals surface area (Å²) >= 11 is 0. The van der Waals surface area contributed by atoms with E-state index in [1.807, 2.05) is 0 Å². The Bertz CT molecular complexity index is 445. The Labute approximate surface area is 89.9 Å². The van der Waals surface area contributed by atoms with Gasteiger partial charge in [-0.15, -0.1) is 4.70 Å². The van der Waals surface area contributed by atoms with E-state index >= 15 is 0 Å². The van der Waals surface area contributed by atoms with Crippen LogP contribution in [0, 0.1) is 0 Å². The van der Waals surface area contributed by atoms with Crippen molar-refractivity contribution < 1.29 is 17.9 Å². The topological polar surface area (TPSA) is 27.7 Å².